The Labute approximate surface area is 111 Å². The highest BCUT2D eigenvalue weighted by Crippen LogP contribution is 2.32. The van der Waals surface area contributed by atoms with Gasteiger partial charge in [0.05, 0.1) is 17.2 Å². The normalized spacial score (nSPS) is 11.3. The molecule has 1 aromatic carbocycles. The number of hydrogen-bond acceptors (Lipinski definition) is 4. The second-order valence-corrected chi connectivity index (χ2v) is 4.98. The average Bonchev–Trinajstić information content (AvgIpc) is 2.73. The van der Waals surface area contributed by atoms with Crippen LogP contribution in [0.2, 0.25) is 0 Å². The molecule has 7 heteroatoms. The van der Waals surface area contributed by atoms with Gasteiger partial charge in [0.25, 0.3) is 0 Å². The number of halogens is 3. The SMILES string of the molecule is N#Cc1cc(Cc2cnc(N)s2)ccc1C(F)(F)F. The van der Waals surface area contributed by atoms with E-state index in [1.54, 1.807) is 12.3 Å². The van der Waals surface area contributed by atoms with Crippen molar-refractivity contribution in [3.63, 3.8) is 0 Å². The van der Waals surface area contributed by atoms with Crippen molar-refractivity contribution in [1.29, 1.82) is 5.26 Å². The summed E-state index contributed by atoms with van der Waals surface area (Å²) in [6.45, 7) is 0. The van der Waals surface area contributed by atoms with Gasteiger partial charge in [-0.25, -0.2) is 4.98 Å². The summed E-state index contributed by atoms with van der Waals surface area (Å²) in [4.78, 5) is 4.70. The lowest BCUT2D eigenvalue weighted by Gasteiger charge is -2.09. The van der Waals surface area contributed by atoms with Crippen molar-refractivity contribution < 1.29 is 13.2 Å². The lowest BCUT2D eigenvalue weighted by Crippen LogP contribution is -2.08. The molecule has 0 bridgehead atoms. The van der Waals surface area contributed by atoms with Gasteiger partial charge in [-0.2, -0.15) is 18.4 Å². The summed E-state index contributed by atoms with van der Waals surface area (Å²) < 4.78 is 37.9. The third-order valence-electron chi connectivity index (χ3n) is 2.46. The van der Waals surface area contributed by atoms with Crippen LogP contribution in [0.1, 0.15) is 21.6 Å². The summed E-state index contributed by atoms with van der Waals surface area (Å²) in [7, 11) is 0. The van der Waals surface area contributed by atoms with Crippen LogP contribution in [0.3, 0.4) is 0 Å². The molecule has 0 saturated carbocycles. The van der Waals surface area contributed by atoms with Gasteiger partial charge in [0.1, 0.15) is 0 Å². The molecule has 3 nitrogen and oxygen atoms in total. The quantitative estimate of drug-likeness (QED) is 0.920. The summed E-state index contributed by atoms with van der Waals surface area (Å²) >= 11 is 1.27. The largest absolute Gasteiger partial charge is 0.417 e. The fraction of sp³-hybridized carbons (Fsp3) is 0.167. The first kappa shape index (κ1) is 13.4. The number of hydrogen-bond donors (Lipinski definition) is 1. The fourth-order valence-corrected chi connectivity index (χ4v) is 2.36. The molecule has 0 spiro atoms. The van der Waals surface area contributed by atoms with E-state index in [0.29, 0.717) is 17.1 Å². The lowest BCUT2D eigenvalue weighted by atomic mass is 10.0. The highest BCUT2D eigenvalue weighted by atomic mass is 32.1. The number of aromatic nitrogens is 1. The predicted molar refractivity (Wildman–Crippen MR) is 65.5 cm³/mol. The molecule has 1 aromatic heterocycles. The Morgan fingerprint density at radius 3 is 2.63 bits per heavy atom. The summed E-state index contributed by atoms with van der Waals surface area (Å²) in [5, 5.41) is 9.20. The minimum absolute atomic E-state index is 0.373. The topological polar surface area (TPSA) is 62.7 Å². The standard InChI is InChI=1S/C12H8F3N3S/c13-12(14,15)10-2-1-7(3-8(10)5-16)4-9-6-18-11(17)19-9/h1-3,6H,4H2,(H2,17,18). The van der Waals surface area contributed by atoms with Gasteiger partial charge >= 0.3 is 6.18 Å². The van der Waals surface area contributed by atoms with E-state index < -0.39 is 11.7 Å². The van der Waals surface area contributed by atoms with Crippen molar-refractivity contribution in [1.82, 2.24) is 4.98 Å². The highest BCUT2D eigenvalue weighted by Gasteiger charge is 2.33. The predicted octanol–water partition coefficient (Wildman–Crippen LogP) is 3.21. The lowest BCUT2D eigenvalue weighted by molar-refractivity contribution is -0.137. The summed E-state index contributed by atoms with van der Waals surface area (Å²) in [6, 6.07) is 5.11. The van der Waals surface area contributed by atoms with E-state index in [9.17, 15) is 13.2 Å². The third kappa shape index (κ3) is 3.03. The van der Waals surface area contributed by atoms with Crippen molar-refractivity contribution in [3.8, 4) is 6.07 Å². The number of benzene rings is 1. The average molecular weight is 283 g/mol. The first-order chi connectivity index (χ1) is 8.90. The minimum Gasteiger partial charge on any atom is -0.375 e. The van der Waals surface area contributed by atoms with E-state index in [1.165, 1.54) is 23.5 Å². The molecular formula is C12H8F3N3S. The third-order valence-corrected chi connectivity index (χ3v) is 3.29. The Kier molecular flexibility index (Phi) is 3.44. The summed E-state index contributed by atoms with van der Waals surface area (Å²) in [5.41, 5.74) is 4.81. The van der Waals surface area contributed by atoms with Crippen LogP contribution >= 0.6 is 11.3 Å². The molecule has 0 unspecified atom stereocenters. The van der Waals surface area contributed by atoms with E-state index in [-0.39, 0.29) is 5.56 Å². The molecule has 0 aliphatic heterocycles. The van der Waals surface area contributed by atoms with Crippen LogP contribution in [0.4, 0.5) is 18.3 Å². The number of nitrogens with zero attached hydrogens (tertiary/aromatic N) is 2. The Morgan fingerprint density at radius 2 is 2.11 bits per heavy atom. The van der Waals surface area contributed by atoms with E-state index in [1.807, 2.05) is 0 Å². The molecule has 98 valence electrons. The van der Waals surface area contributed by atoms with Crippen molar-refractivity contribution in [2.24, 2.45) is 0 Å². The summed E-state index contributed by atoms with van der Waals surface area (Å²) in [5.74, 6) is 0. The first-order valence-electron chi connectivity index (χ1n) is 5.20. The van der Waals surface area contributed by atoms with Crippen LogP contribution in [0.15, 0.2) is 24.4 Å². The minimum atomic E-state index is -4.52. The monoisotopic (exact) mass is 283 g/mol. The van der Waals surface area contributed by atoms with Crippen molar-refractivity contribution in [3.05, 3.63) is 46.0 Å². The van der Waals surface area contributed by atoms with Gasteiger partial charge in [-0.1, -0.05) is 6.07 Å². The molecule has 2 rings (SSSR count). The van der Waals surface area contributed by atoms with Crippen molar-refractivity contribution in [2.45, 2.75) is 12.6 Å². The smallest absolute Gasteiger partial charge is 0.375 e. The second-order valence-electron chi connectivity index (χ2n) is 3.83. The Balaban J connectivity index is 2.32. The number of thiazole rings is 1. The van der Waals surface area contributed by atoms with Crippen LogP contribution in [-0.4, -0.2) is 4.98 Å². The zero-order chi connectivity index (χ0) is 14.0. The number of rotatable bonds is 2. The van der Waals surface area contributed by atoms with Crippen LogP contribution in [0.5, 0.6) is 0 Å². The van der Waals surface area contributed by atoms with Gasteiger partial charge in [-0.3, -0.25) is 0 Å². The van der Waals surface area contributed by atoms with Crippen molar-refractivity contribution in [2.75, 3.05) is 5.73 Å². The van der Waals surface area contributed by atoms with Gasteiger partial charge in [0.15, 0.2) is 5.13 Å². The van der Waals surface area contributed by atoms with Crippen LogP contribution in [0.25, 0.3) is 0 Å². The number of alkyl halides is 3. The van der Waals surface area contributed by atoms with Gasteiger partial charge in [0, 0.05) is 17.5 Å². The maximum absolute atomic E-state index is 12.6. The van der Waals surface area contributed by atoms with E-state index >= 15 is 0 Å². The molecule has 19 heavy (non-hydrogen) atoms. The molecule has 2 N–H and O–H groups in total. The maximum atomic E-state index is 12.6. The zero-order valence-corrected chi connectivity index (χ0v) is 10.3. The second kappa shape index (κ2) is 4.90. The molecule has 0 radical (unpaired) electrons. The number of anilines is 1. The molecule has 0 aliphatic carbocycles. The fourth-order valence-electron chi connectivity index (χ4n) is 1.65. The van der Waals surface area contributed by atoms with Gasteiger partial charge in [-0.15, -0.1) is 11.3 Å². The van der Waals surface area contributed by atoms with E-state index in [0.717, 1.165) is 10.9 Å². The number of nitrogen functional groups attached to an aromatic ring is 1. The van der Waals surface area contributed by atoms with Crippen LogP contribution < -0.4 is 5.73 Å². The van der Waals surface area contributed by atoms with E-state index in [2.05, 4.69) is 4.98 Å². The molecule has 0 atom stereocenters. The van der Waals surface area contributed by atoms with E-state index in [4.69, 9.17) is 11.0 Å². The Bertz CT molecular complexity index is 640. The molecule has 0 aliphatic rings. The van der Waals surface area contributed by atoms with Gasteiger partial charge in [-0.05, 0) is 17.7 Å². The van der Waals surface area contributed by atoms with Gasteiger partial charge in [0.2, 0.25) is 0 Å². The number of nitrogens with two attached hydrogens (primary N) is 1. The Hall–Kier alpha value is -2.07. The molecule has 2 aromatic rings. The maximum Gasteiger partial charge on any atom is 0.417 e. The molecule has 1 heterocycles. The van der Waals surface area contributed by atoms with Crippen LogP contribution in [-0.2, 0) is 12.6 Å². The van der Waals surface area contributed by atoms with Gasteiger partial charge < -0.3 is 5.73 Å². The Morgan fingerprint density at radius 1 is 1.37 bits per heavy atom. The molecule has 0 saturated heterocycles. The summed E-state index contributed by atoms with van der Waals surface area (Å²) in [6.07, 6.45) is -2.54. The zero-order valence-electron chi connectivity index (χ0n) is 9.53. The molecule has 0 amide bonds. The molecular weight excluding hydrogens is 275 g/mol. The van der Waals surface area contributed by atoms with Crippen LogP contribution in [0, 0.1) is 11.3 Å². The van der Waals surface area contributed by atoms with Crippen molar-refractivity contribution >= 4 is 16.5 Å². The highest BCUT2D eigenvalue weighted by molar-refractivity contribution is 7.15. The first-order valence-corrected chi connectivity index (χ1v) is 6.02. The molecule has 0 fully saturated rings. The number of nitriles is 1.